The molecule has 0 aliphatic rings. The van der Waals surface area contributed by atoms with E-state index in [4.69, 9.17) is 14.5 Å². The number of aromatic nitrogens is 2. The smallest absolute Gasteiger partial charge is 0.247 e. The maximum absolute atomic E-state index is 13.5. The van der Waals surface area contributed by atoms with E-state index in [1.807, 2.05) is 96.1 Å². The zero-order chi connectivity index (χ0) is 22.7. The summed E-state index contributed by atoms with van der Waals surface area (Å²) in [5.41, 5.74) is 3.47. The third kappa shape index (κ3) is 4.04. The molecule has 1 amide bonds. The highest BCUT2D eigenvalue weighted by Crippen LogP contribution is 2.33. The number of para-hydroxylation sites is 3. The van der Waals surface area contributed by atoms with Gasteiger partial charge in [-0.3, -0.25) is 4.79 Å². The van der Waals surface area contributed by atoms with Crippen LogP contribution in [0, 0.1) is 0 Å². The van der Waals surface area contributed by atoms with Crippen LogP contribution in [0.3, 0.4) is 0 Å². The van der Waals surface area contributed by atoms with Crippen LogP contribution < -0.4 is 14.4 Å². The Morgan fingerprint density at radius 3 is 2.31 bits per heavy atom. The van der Waals surface area contributed by atoms with Crippen LogP contribution in [0.15, 0.2) is 72.8 Å². The summed E-state index contributed by atoms with van der Waals surface area (Å²) in [5, 5.41) is 0. The second-order valence-corrected chi connectivity index (χ2v) is 7.77. The van der Waals surface area contributed by atoms with Crippen LogP contribution in [-0.2, 0) is 11.3 Å². The number of carbonyl (C=O) groups excluding carboxylic acids is 1. The molecule has 0 atom stereocenters. The van der Waals surface area contributed by atoms with Gasteiger partial charge in [0.05, 0.1) is 25.3 Å². The monoisotopic (exact) mass is 429 g/mol. The van der Waals surface area contributed by atoms with Gasteiger partial charge in [0.25, 0.3) is 0 Å². The molecule has 1 heterocycles. The Balaban J connectivity index is 1.80. The van der Waals surface area contributed by atoms with Crippen LogP contribution >= 0.6 is 0 Å². The topological polar surface area (TPSA) is 56.6 Å². The molecule has 164 valence electrons. The highest BCUT2D eigenvalue weighted by molar-refractivity contribution is 5.95. The standard InChI is InChI=1S/C26H27N3O3/c1-18(2)29(20-10-6-5-7-11-20)25(30)17-28-22-13-9-8-12-21(22)27-26(28)19-14-15-23(31-3)24(16-19)32-4/h5-16,18H,17H2,1-4H3. The van der Waals surface area contributed by atoms with E-state index in [1.165, 1.54) is 0 Å². The number of amides is 1. The van der Waals surface area contributed by atoms with Gasteiger partial charge in [-0.2, -0.15) is 0 Å². The van der Waals surface area contributed by atoms with Crippen LogP contribution in [0.5, 0.6) is 11.5 Å². The van der Waals surface area contributed by atoms with Crippen molar-refractivity contribution in [2.24, 2.45) is 0 Å². The van der Waals surface area contributed by atoms with E-state index in [-0.39, 0.29) is 18.5 Å². The van der Waals surface area contributed by atoms with Crippen molar-refractivity contribution in [3.8, 4) is 22.9 Å². The van der Waals surface area contributed by atoms with Gasteiger partial charge in [-0.25, -0.2) is 4.98 Å². The minimum Gasteiger partial charge on any atom is -0.493 e. The molecular weight excluding hydrogens is 402 g/mol. The van der Waals surface area contributed by atoms with E-state index >= 15 is 0 Å². The van der Waals surface area contributed by atoms with Crippen molar-refractivity contribution in [3.05, 3.63) is 72.8 Å². The molecule has 0 spiro atoms. The van der Waals surface area contributed by atoms with Crippen molar-refractivity contribution in [3.63, 3.8) is 0 Å². The molecule has 0 unspecified atom stereocenters. The number of rotatable bonds is 7. The molecule has 6 nitrogen and oxygen atoms in total. The molecular formula is C26H27N3O3. The number of ether oxygens (including phenoxy) is 2. The Morgan fingerprint density at radius 1 is 0.938 bits per heavy atom. The molecule has 0 fully saturated rings. The van der Waals surface area contributed by atoms with Crippen molar-refractivity contribution in [2.45, 2.75) is 26.4 Å². The number of anilines is 1. The van der Waals surface area contributed by atoms with Crippen LogP contribution in [0.1, 0.15) is 13.8 Å². The Labute approximate surface area is 188 Å². The van der Waals surface area contributed by atoms with Gasteiger partial charge < -0.3 is 18.9 Å². The minimum atomic E-state index is -0.00363. The molecule has 0 radical (unpaired) electrons. The van der Waals surface area contributed by atoms with E-state index in [1.54, 1.807) is 14.2 Å². The van der Waals surface area contributed by atoms with Crippen molar-refractivity contribution >= 4 is 22.6 Å². The molecule has 0 aliphatic carbocycles. The first-order valence-electron chi connectivity index (χ1n) is 10.6. The van der Waals surface area contributed by atoms with Crippen LogP contribution in [-0.4, -0.2) is 35.7 Å². The largest absolute Gasteiger partial charge is 0.493 e. The quantitative estimate of drug-likeness (QED) is 0.407. The summed E-state index contributed by atoms with van der Waals surface area (Å²) in [4.78, 5) is 20.2. The van der Waals surface area contributed by atoms with Gasteiger partial charge in [-0.15, -0.1) is 0 Å². The summed E-state index contributed by atoms with van der Waals surface area (Å²) < 4.78 is 12.8. The van der Waals surface area contributed by atoms with Gasteiger partial charge in [-0.1, -0.05) is 30.3 Å². The summed E-state index contributed by atoms with van der Waals surface area (Å²) >= 11 is 0. The predicted octanol–water partition coefficient (Wildman–Crippen LogP) is 5.16. The number of imidazole rings is 1. The van der Waals surface area contributed by atoms with E-state index in [0.717, 1.165) is 22.3 Å². The summed E-state index contributed by atoms with van der Waals surface area (Å²) in [6.07, 6.45) is 0. The van der Waals surface area contributed by atoms with Crippen LogP contribution in [0.25, 0.3) is 22.4 Å². The predicted molar refractivity (Wildman–Crippen MR) is 127 cm³/mol. The molecule has 4 rings (SSSR count). The first-order chi connectivity index (χ1) is 15.5. The van der Waals surface area contributed by atoms with Gasteiger partial charge in [0.1, 0.15) is 12.4 Å². The van der Waals surface area contributed by atoms with Gasteiger partial charge in [0, 0.05) is 17.3 Å². The molecule has 0 bridgehead atoms. The average Bonchev–Trinajstić information content (AvgIpc) is 3.17. The van der Waals surface area contributed by atoms with Gasteiger partial charge in [-0.05, 0) is 56.3 Å². The van der Waals surface area contributed by atoms with E-state index < -0.39 is 0 Å². The third-order valence-corrected chi connectivity index (χ3v) is 5.41. The third-order valence-electron chi connectivity index (χ3n) is 5.41. The van der Waals surface area contributed by atoms with Crippen molar-refractivity contribution < 1.29 is 14.3 Å². The highest BCUT2D eigenvalue weighted by atomic mass is 16.5. The summed E-state index contributed by atoms with van der Waals surface area (Å²) in [7, 11) is 3.21. The van der Waals surface area contributed by atoms with E-state index in [0.29, 0.717) is 17.3 Å². The molecule has 4 aromatic rings. The normalized spacial score (nSPS) is 11.0. The lowest BCUT2D eigenvalue weighted by Crippen LogP contribution is -2.39. The Hall–Kier alpha value is -3.80. The summed E-state index contributed by atoms with van der Waals surface area (Å²) in [6, 6.07) is 23.3. The average molecular weight is 430 g/mol. The fourth-order valence-corrected chi connectivity index (χ4v) is 3.96. The van der Waals surface area contributed by atoms with Crippen molar-refractivity contribution in [2.75, 3.05) is 19.1 Å². The summed E-state index contributed by atoms with van der Waals surface area (Å²) in [5.74, 6) is 1.96. The molecule has 32 heavy (non-hydrogen) atoms. The number of hydrogen-bond acceptors (Lipinski definition) is 4. The second-order valence-electron chi connectivity index (χ2n) is 7.77. The molecule has 0 saturated heterocycles. The number of carbonyl (C=O) groups is 1. The first kappa shape index (κ1) is 21.4. The molecule has 1 aromatic heterocycles. The lowest BCUT2D eigenvalue weighted by Gasteiger charge is -2.27. The zero-order valence-electron chi connectivity index (χ0n) is 18.8. The van der Waals surface area contributed by atoms with Crippen molar-refractivity contribution in [1.82, 2.24) is 9.55 Å². The van der Waals surface area contributed by atoms with Crippen LogP contribution in [0.2, 0.25) is 0 Å². The highest BCUT2D eigenvalue weighted by Gasteiger charge is 2.23. The summed E-state index contributed by atoms with van der Waals surface area (Å²) in [6.45, 7) is 4.20. The fraction of sp³-hybridized carbons (Fsp3) is 0.231. The number of fused-ring (bicyclic) bond motifs is 1. The Morgan fingerprint density at radius 2 is 1.62 bits per heavy atom. The molecule has 3 aromatic carbocycles. The lowest BCUT2D eigenvalue weighted by atomic mass is 10.2. The zero-order valence-corrected chi connectivity index (χ0v) is 18.8. The molecule has 0 N–H and O–H groups in total. The lowest BCUT2D eigenvalue weighted by molar-refractivity contribution is -0.119. The molecule has 0 saturated carbocycles. The fourth-order valence-electron chi connectivity index (χ4n) is 3.96. The van der Waals surface area contributed by atoms with Gasteiger partial charge in [0.2, 0.25) is 5.91 Å². The van der Waals surface area contributed by atoms with E-state index in [9.17, 15) is 4.79 Å². The van der Waals surface area contributed by atoms with E-state index in [2.05, 4.69) is 0 Å². The maximum atomic E-state index is 13.5. The second kappa shape index (κ2) is 9.14. The van der Waals surface area contributed by atoms with Gasteiger partial charge in [0.15, 0.2) is 11.5 Å². The molecule has 0 aliphatic heterocycles. The Kier molecular flexibility index (Phi) is 6.12. The number of benzene rings is 3. The van der Waals surface area contributed by atoms with Crippen molar-refractivity contribution in [1.29, 1.82) is 0 Å². The Bertz CT molecular complexity index is 1230. The SMILES string of the molecule is COc1ccc(-c2nc3ccccc3n2CC(=O)N(c2ccccc2)C(C)C)cc1OC. The molecule has 6 heteroatoms. The minimum absolute atomic E-state index is 0.00363. The van der Waals surface area contributed by atoms with Gasteiger partial charge >= 0.3 is 0 Å². The number of nitrogens with zero attached hydrogens (tertiary/aromatic N) is 3. The first-order valence-corrected chi connectivity index (χ1v) is 10.6. The van der Waals surface area contributed by atoms with Crippen LogP contribution in [0.4, 0.5) is 5.69 Å². The number of methoxy groups -OCH3 is 2. The number of hydrogen-bond donors (Lipinski definition) is 0. The maximum Gasteiger partial charge on any atom is 0.247 e.